The van der Waals surface area contributed by atoms with Crippen LogP contribution in [0.1, 0.15) is 68.0 Å². The summed E-state index contributed by atoms with van der Waals surface area (Å²) >= 11 is 0. The van der Waals surface area contributed by atoms with Gasteiger partial charge in [0.1, 0.15) is 137 Å². The van der Waals surface area contributed by atoms with Crippen LogP contribution in [0.15, 0.2) is 128 Å². The molecule has 2 unspecified atom stereocenters. The van der Waals surface area contributed by atoms with E-state index in [0.29, 0.717) is 67.5 Å². The Labute approximate surface area is 486 Å². The zero-order valence-electron chi connectivity index (χ0n) is 46.4. The predicted molar refractivity (Wildman–Crippen MR) is 312 cm³/mol. The number of aromatic hydroxyl groups is 8. The van der Waals surface area contributed by atoms with Crippen LogP contribution < -0.4 is 39.3 Å². The summed E-state index contributed by atoms with van der Waals surface area (Å²) in [6, 6.07) is 26.1. The Kier molecular flexibility index (Phi) is 13.4. The zero-order chi connectivity index (χ0) is 60.9. The van der Waals surface area contributed by atoms with Crippen LogP contribution in [0.5, 0.6) is 80.5 Å². The maximum Gasteiger partial charge on any atom is 0.197 e. The highest BCUT2D eigenvalue weighted by atomic mass is 16.5. The Morgan fingerprint density at radius 2 is 0.779 bits per heavy atom. The zero-order valence-corrected chi connectivity index (χ0v) is 46.4. The number of hydrogen-bond acceptors (Lipinski definition) is 20. The highest BCUT2D eigenvalue weighted by molar-refractivity contribution is 6.09. The summed E-state index contributed by atoms with van der Waals surface area (Å²) < 4.78 is 46.9. The molecule has 0 saturated carbocycles. The fourth-order valence-corrected chi connectivity index (χ4v) is 11.3. The summed E-state index contributed by atoms with van der Waals surface area (Å²) in [5.74, 6) is -4.64. The number of phenolic OH excluding ortho intramolecular Hbond substituents is 8. The molecule has 2 aromatic heterocycles. The van der Waals surface area contributed by atoms with Crippen LogP contribution in [-0.2, 0) is 0 Å². The topological polar surface area (TPSA) is 312 Å². The number of hydrogen-bond donors (Lipinski definition) is 8. The van der Waals surface area contributed by atoms with Crippen LogP contribution in [0, 0.1) is 13.8 Å². The third kappa shape index (κ3) is 8.93. The first kappa shape index (κ1) is 55.3. The molecule has 0 spiro atoms. The van der Waals surface area contributed by atoms with E-state index in [1.807, 2.05) is 0 Å². The minimum atomic E-state index is -1.04. The summed E-state index contributed by atoms with van der Waals surface area (Å²) in [6.45, 7) is 3.21. The second kappa shape index (κ2) is 20.9. The van der Waals surface area contributed by atoms with Gasteiger partial charge in [-0.25, -0.2) is 0 Å². The number of phenols is 8. The van der Waals surface area contributed by atoms with Crippen LogP contribution in [0.25, 0.3) is 78.0 Å². The SMILES string of the molecule is COc1ccc(C2CC(=O)c3c(cc(O)c(-c4c(O)cc5c(c4O)C(=O)CC(c4ccc(OC)c(-c6cc(-c7cc(=O)c8c(O)c(C)c(OC)cc8o7)ccc6O)c4)O5)c3O)O2)cc1-c1cc(-c2cc(=O)c3c(O)c(C)c(OC)cc3o2)ccc1O. The Hall–Kier alpha value is -11.3. The van der Waals surface area contributed by atoms with Gasteiger partial charge < -0.3 is 78.1 Å². The standard InChI is InChI=1S/C66H50O20/c1-27-47(81-5)25-55-57(63(27)75)39(69)19-49(85-55)29-7-11-37(67)33(15-29)35-17-31(9-13-45(35)79-3)51-21-41(71)59-53(83-51)23-43(73)61(65(59)77)62-44(74)24-54-60(66(62)78)42(72)22-52(84-54)32-10-14-46(80-4)36(18-32)34-16-30(8-12-38(34)68)50-20-40(70)58-56(86-50)26-48(82-6)28(2)64(58)76/h7-20,23-26,51-52,67-68,73-78H,21-22H2,1-6H3. The molecule has 2 atom stereocenters. The number of Topliss-reactive ketones (excluding diaryl/α,β-unsaturated/α-hetero) is 2. The summed E-state index contributed by atoms with van der Waals surface area (Å²) in [6.07, 6.45) is -2.84. The van der Waals surface area contributed by atoms with Gasteiger partial charge in [-0.1, -0.05) is 12.1 Å². The van der Waals surface area contributed by atoms with Gasteiger partial charge in [-0.2, -0.15) is 0 Å². The molecule has 434 valence electrons. The number of rotatable bonds is 11. The highest BCUT2D eigenvalue weighted by Crippen LogP contribution is 2.57. The van der Waals surface area contributed by atoms with Crippen molar-refractivity contribution >= 4 is 33.5 Å². The number of carbonyl (C=O) groups excluding carboxylic acids is 2. The van der Waals surface area contributed by atoms with E-state index in [2.05, 4.69) is 0 Å². The number of ketones is 2. The van der Waals surface area contributed by atoms with Crippen LogP contribution in [0.4, 0.5) is 0 Å². The maximum atomic E-state index is 14.2. The predicted octanol–water partition coefficient (Wildman–Crippen LogP) is 11.9. The molecule has 0 radical (unpaired) electrons. The number of fused-ring (bicyclic) bond motifs is 4. The van der Waals surface area contributed by atoms with Crippen LogP contribution in [0.3, 0.4) is 0 Å². The van der Waals surface area contributed by atoms with Gasteiger partial charge in [0.05, 0.1) is 52.4 Å². The van der Waals surface area contributed by atoms with Gasteiger partial charge in [0.2, 0.25) is 0 Å². The molecule has 86 heavy (non-hydrogen) atoms. The molecular formula is C66H50O20. The Morgan fingerprint density at radius 1 is 0.395 bits per heavy atom. The molecule has 2 aliphatic rings. The van der Waals surface area contributed by atoms with Gasteiger partial charge in [0.15, 0.2) is 22.4 Å². The van der Waals surface area contributed by atoms with E-state index in [4.69, 9.17) is 37.3 Å². The molecule has 20 heteroatoms. The third-order valence-corrected chi connectivity index (χ3v) is 15.7. The van der Waals surface area contributed by atoms with E-state index in [1.165, 1.54) is 77.0 Å². The van der Waals surface area contributed by atoms with Crippen molar-refractivity contribution in [3.63, 3.8) is 0 Å². The molecule has 0 fully saturated rings. The average Bonchev–Trinajstić information content (AvgIpc) is 0.911. The van der Waals surface area contributed by atoms with E-state index in [0.717, 1.165) is 12.1 Å². The largest absolute Gasteiger partial charge is 0.507 e. The fourth-order valence-electron chi connectivity index (χ4n) is 11.3. The monoisotopic (exact) mass is 1160 g/mol. The molecule has 8 aromatic carbocycles. The molecule has 10 aromatic rings. The van der Waals surface area contributed by atoms with E-state index in [1.54, 1.807) is 62.4 Å². The number of carbonyl (C=O) groups is 2. The molecule has 0 saturated heterocycles. The number of benzene rings is 8. The minimum absolute atomic E-state index is 0.0357. The molecular weight excluding hydrogens is 1110 g/mol. The van der Waals surface area contributed by atoms with Crippen molar-refractivity contribution in [2.24, 2.45) is 0 Å². The van der Waals surface area contributed by atoms with Crippen LogP contribution >= 0.6 is 0 Å². The summed E-state index contributed by atoms with van der Waals surface area (Å²) in [5, 5.41) is 91.0. The Balaban J connectivity index is 0.833. The van der Waals surface area contributed by atoms with E-state index < -0.39 is 79.9 Å². The van der Waals surface area contributed by atoms with Crippen molar-refractivity contribution in [2.45, 2.75) is 38.9 Å². The Bertz CT molecular complexity index is 4410. The first-order chi connectivity index (χ1) is 41.2. The molecule has 12 rings (SSSR count). The van der Waals surface area contributed by atoms with Crippen molar-refractivity contribution in [3.05, 3.63) is 163 Å². The summed E-state index contributed by atoms with van der Waals surface area (Å²) in [4.78, 5) is 55.1. The third-order valence-electron chi connectivity index (χ3n) is 15.7. The second-order valence-corrected chi connectivity index (χ2v) is 20.6. The summed E-state index contributed by atoms with van der Waals surface area (Å²) in [7, 11) is 5.67. The van der Waals surface area contributed by atoms with Gasteiger partial charge >= 0.3 is 0 Å². The lowest BCUT2D eigenvalue weighted by Crippen LogP contribution is -2.21. The van der Waals surface area contributed by atoms with Crippen molar-refractivity contribution in [3.8, 4) is 137 Å². The maximum absolute atomic E-state index is 14.2. The van der Waals surface area contributed by atoms with Gasteiger partial charge in [-0.15, -0.1) is 0 Å². The molecule has 20 nitrogen and oxygen atoms in total. The van der Waals surface area contributed by atoms with Gasteiger partial charge in [0.25, 0.3) is 0 Å². The normalized spacial score (nSPS) is 14.5. The minimum Gasteiger partial charge on any atom is -0.507 e. The second-order valence-electron chi connectivity index (χ2n) is 20.6. The van der Waals surface area contributed by atoms with E-state index in [9.17, 15) is 60.0 Å². The molecule has 0 aliphatic carbocycles. The quantitative estimate of drug-likeness (QED) is 0.0596. The lowest BCUT2D eigenvalue weighted by atomic mass is 9.88. The van der Waals surface area contributed by atoms with Crippen molar-refractivity contribution in [1.29, 1.82) is 0 Å². The number of ether oxygens (including phenoxy) is 6. The molecule has 2 aliphatic heterocycles. The van der Waals surface area contributed by atoms with Gasteiger partial charge in [-0.05, 0) is 85.6 Å². The molecule has 0 bridgehead atoms. The fraction of sp³-hybridized carbons (Fsp3) is 0.152. The van der Waals surface area contributed by atoms with Crippen molar-refractivity contribution < 1.29 is 87.7 Å². The first-order valence-electron chi connectivity index (χ1n) is 26.5. The highest BCUT2D eigenvalue weighted by Gasteiger charge is 2.39. The first-order valence-corrected chi connectivity index (χ1v) is 26.5. The number of methoxy groups -OCH3 is 4. The van der Waals surface area contributed by atoms with Crippen LogP contribution in [-0.4, -0.2) is 80.9 Å². The van der Waals surface area contributed by atoms with E-state index in [-0.39, 0.29) is 91.9 Å². The van der Waals surface area contributed by atoms with Gasteiger partial charge in [-0.3, -0.25) is 19.2 Å². The van der Waals surface area contributed by atoms with Crippen molar-refractivity contribution in [2.75, 3.05) is 28.4 Å². The summed E-state index contributed by atoms with van der Waals surface area (Å²) in [5.41, 5.74) is 0.496. The van der Waals surface area contributed by atoms with Gasteiger partial charge in [0, 0.05) is 80.9 Å². The van der Waals surface area contributed by atoms with E-state index >= 15 is 0 Å². The molecule has 8 N–H and O–H groups in total. The lowest BCUT2D eigenvalue weighted by Gasteiger charge is -2.29. The smallest absolute Gasteiger partial charge is 0.197 e. The van der Waals surface area contributed by atoms with Crippen LogP contribution in [0.2, 0.25) is 0 Å². The lowest BCUT2D eigenvalue weighted by molar-refractivity contribution is 0.0834. The average molecular weight is 1160 g/mol. The molecule has 0 amide bonds. The Morgan fingerprint density at radius 3 is 1.15 bits per heavy atom. The molecule has 4 heterocycles. The van der Waals surface area contributed by atoms with Crippen molar-refractivity contribution in [1.82, 2.24) is 0 Å².